The minimum atomic E-state index is -3.45. The van der Waals surface area contributed by atoms with E-state index in [-0.39, 0.29) is 6.04 Å². The van der Waals surface area contributed by atoms with E-state index in [1.807, 2.05) is 13.8 Å². The molecular weight excluding hydrogens is 476 g/mol. The lowest BCUT2D eigenvalue weighted by molar-refractivity contribution is 0.553. The molecule has 0 aliphatic rings. The second-order valence-electron chi connectivity index (χ2n) is 4.77. The minimum Gasteiger partial charge on any atom is -0.313 e. The normalized spacial score (nSPS) is 13.6. The first kappa shape index (κ1) is 18.4. The zero-order chi connectivity index (χ0) is 15.5. The Hall–Kier alpha value is 0.370. The van der Waals surface area contributed by atoms with Crippen LogP contribution in [0.2, 0.25) is 0 Å². The van der Waals surface area contributed by atoms with Crippen LogP contribution in [0.25, 0.3) is 0 Å². The van der Waals surface area contributed by atoms with Crippen molar-refractivity contribution in [2.45, 2.75) is 32.1 Å². The number of hydrogen-bond acceptors (Lipinski definition) is 3. The third kappa shape index (κ3) is 5.29. The molecule has 8 heteroatoms. The number of sulfonamides is 1. The van der Waals surface area contributed by atoms with Crippen molar-refractivity contribution >= 4 is 63.5 Å². The van der Waals surface area contributed by atoms with Crippen LogP contribution in [0.5, 0.6) is 0 Å². The molecule has 0 aliphatic heterocycles. The molecule has 0 bridgehead atoms. The molecule has 1 unspecified atom stereocenters. The van der Waals surface area contributed by atoms with E-state index >= 15 is 0 Å². The summed E-state index contributed by atoms with van der Waals surface area (Å²) in [5.41, 5.74) is 0.504. The first-order valence-corrected chi connectivity index (χ1v) is 9.95. The first-order chi connectivity index (χ1) is 9.13. The smallest absolute Gasteiger partial charge is 0.236 e. The molecule has 114 valence electrons. The molecule has 0 radical (unpaired) electrons. The maximum absolute atomic E-state index is 12.3. The van der Waals surface area contributed by atoms with Gasteiger partial charge in [0.25, 0.3) is 0 Å². The van der Waals surface area contributed by atoms with Gasteiger partial charge in [0.15, 0.2) is 0 Å². The standard InChI is InChI=1S/C12H17Br3N2O2S/c1-7(2)16-6-8(3)20(18,19)17-12-10(14)4-9(13)5-11(12)15/h4-5,7-8,16-17H,6H2,1-3H3. The first-order valence-electron chi connectivity index (χ1n) is 6.03. The third-order valence-electron chi connectivity index (χ3n) is 2.59. The van der Waals surface area contributed by atoms with E-state index < -0.39 is 15.3 Å². The highest BCUT2D eigenvalue weighted by molar-refractivity contribution is 9.11. The van der Waals surface area contributed by atoms with Crippen LogP contribution in [0.4, 0.5) is 5.69 Å². The Morgan fingerprint density at radius 2 is 1.60 bits per heavy atom. The molecule has 0 fully saturated rings. The minimum absolute atomic E-state index is 0.249. The summed E-state index contributed by atoms with van der Waals surface area (Å²) >= 11 is 10.1. The molecule has 0 saturated heterocycles. The fourth-order valence-corrected chi connectivity index (χ4v) is 5.13. The Labute approximate surface area is 145 Å². The number of hydrogen-bond donors (Lipinski definition) is 2. The highest BCUT2D eigenvalue weighted by Crippen LogP contribution is 2.35. The Bertz CT molecular complexity index is 553. The molecule has 0 heterocycles. The van der Waals surface area contributed by atoms with Gasteiger partial charge in [0.2, 0.25) is 10.0 Å². The van der Waals surface area contributed by atoms with Crippen LogP contribution in [0.3, 0.4) is 0 Å². The summed E-state index contributed by atoms with van der Waals surface area (Å²) in [7, 11) is -3.45. The molecule has 0 aliphatic carbocycles. The van der Waals surface area contributed by atoms with Gasteiger partial charge in [-0.25, -0.2) is 8.42 Å². The predicted octanol–water partition coefficient (Wildman–Crippen LogP) is 4.10. The van der Waals surface area contributed by atoms with Gasteiger partial charge in [0.05, 0.1) is 10.9 Å². The monoisotopic (exact) mass is 490 g/mol. The summed E-state index contributed by atoms with van der Waals surface area (Å²) < 4.78 is 29.4. The van der Waals surface area contributed by atoms with Crippen LogP contribution < -0.4 is 10.0 Å². The van der Waals surface area contributed by atoms with Crippen LogP contribution in [0, 0.1) is 0 Å². The molecule has 4 nitrogen and oxygen atoms in total. The maximum atomic E-state index is 12.3. The summed E-state index contributed by atoms with van der Waals surface area (Å²) in [5.74, 6) is 0. The maximum Gasteiger partial charge on any atom is 0.236 e. The predicted molar refractivity (Wildman–Crippen MR) is 94.7 cm³/mol. The van der Waals surface area contributed by atoms with Gasteiger partial charge in [0.1, 0.15) is 0 Å². The molecular formula is C12H17Br3N2O2S. The van der Waals surface area contributed by atoms with Crippen molar-refractivity contribution in [1.29, 1.82) is 0 Å². The van der Waals surface area contributed by atoms with Gasteiger partial charge in [-0.15, -0.1) is 0 Å². The van der Waals surface area contributed by atoms with E-state index in [9.17, 15) is 8.42 Å². The van der Waals surface area contributed by atoms with Gasteiger partial charge in [0, 0.05) is 26.0 Å². The molecule has 1 aromatic rings. The van der Waals surface area contributed by atoms with E-state index in [0.29, 0.717) is 21.2 Å². The lowest BCUT2D eigenvalue weighted by atomic mass is 10.3. The number of rotatable bonds is 6. The average molecular weight is 493 g/mol. The van der Waals surface area contributed by atoms with Crippen molar-refractivity contribution in [1.82, 2.24) is 5.32 Å². The molecule has 2 N–H and O–H groups in total. The van der Waals surface area contributed by atoms with Crippen molar-refractivity contribution in [2.24, 2.45) is 0 Å². The Kier molecular flexibility index (Phi) is 6.98. The van der Waals surface area contributed by atoms with Gasteiger partial charge in [-0.3, -0.25) is 4.72 Å². The number of nitrogens with one attached hydrogen (secondary N) is 2. The highest BCUT2D eigenvalue weighted by atomic mass is 79.9. The summed E-state index contributed by atoms with van der Waals surface area (Å²) in [4.78, 5) is 0. The summed E-state index contributed by atoms with van der Waals surface area (Å²) in [6.07, 6.45) is 0. The second kappa shape index (κ2) is 7.58. The average Bonchev–Trinajstić information content (AvgIpc) is 2.30. The Morgan fingerprint density at radius 3 is 2.05 bits per heavy atom. The van der Waals surface area contributed by atoms with Crippen molar-refractivity contribution in [2.75, 3.05) is 11.3 Å². The van der Waals surface area contributed by atoms with E-state index in [1.165, 1.54) is 0 Å². The van der Waals surface area contributed by atoms with Gasteiger partial charge in [-0.1, -0.05) is 29.8 Å². The Morgan fingerprint density at radius 1 is 1.10 bits per heavy atom. The fraction of sp³-hybridized carbons (Fsp3) is 0.500. The van der Waals surface area contributed by atoms with Gasteiger partial charge >= 0.3 is 0 Å². The zero-order valence-electron chi connectivity index (χ0n) is 11.4. The lowest BCUT2D eigenvalue weighted by Gasteiger charge is -2.18. The van der Waals surface area contributed by atoms with Crippen LogP contribution >= 0.6 is 47.8 Å². The van der Waals surface area contributed by atoms with Crippen LogP contribution in [0.15, 0.2) is 25.6 Å². The van der Waals surface area contributed by atoms with Crippen LogP contribution in [-0.2, 0) is 10.0 Å². The quantitative estimate of drug-likeness (QED) is 0.628. The summed E-state index contributed by atoms with van der Waals surface area (Å²) in [6, 6.07) is 3.83. The molecule has 0 spiro atoms. The zero-order valence-corrected chi connectivity index (χ0v) is 16.9. The molecule has 0 amide bonds. The molecule has 1 atom stereocenters. The second-order valence-corrected chi connectivity index (χ2v) is 9.49. The molecule has 0 saturated carbocycles. The number of halogens is 3. The van der Waals surface area contributed by atoms with E-state index in [4.69, 9.17) is 0 Å². The van der Waals surface area contributed by atoms with Crippen molar-refractivity contribution in [3.8, 4) is 0 Å². The third-order valence-corrected chi connectivity index (χ3v) is 6.02. The summed E-state index contributed by atoms with van der Waals surface area (Å²) in [6.45, 7) is 6.04. The Balaban J connectivity index is 2.91. The number of anilines is 1. The van der Waals surface area contributed by atoms with Crippen LogP contribution in [-0.4, -0.2) is 26.3 Å². The van der Waals surface area contributed by atoms with E-state index in [0.717, 1.165) is 4.47 Å². The highest BCUT2D eigenvalue weighted by Gasteiger charge is 2.22. The molecule has 20 heavy (non-hydrogen) atoms. The molecule has 0 aromatic heterocycles. The number of benzene rings is 1. The summed E-state index contributed by atoms with van der Waals surface area (Å²) in [5, 5.41) is 2.59. The van der Waals surface area contributed by atoms with Crippen molar-refractivity contribution < 1.29 is 8.42 Å². The lowest BCUT2D eigenvalue weighted by Crippen LogP contribution is -2.37. The molecule has 1 aromatic carbocycles. The topological polar surface area (TPSA) is 58.2 Å². The van der Waals surface area contributed by atoms with Gasteiger partial charge < -0.3 is 5.32 Å². The fourth-order valence-electron chi connectivity index (χ4n) is 1.39. The van der Waals surface area contributed by atoms with Crippen LogP contribution in [0.1, 0.15) is 20.8 Å². The van der Waals surface area contributed by atoms with Gasteiger partial charge in [-0.2, -0.15) is 0 Å². The van der Waals surface area contributed by atoms with Crippen molar-refractivity contribution in [3.63, 3.8) is 0 Å². The van der Waals surface area contributed by atoms with E-state index in [2.05, 4.69) is 57.8 Å². The van der Waals surface area contributed by atoms with Crippen molar-refractivity contribution in [3.05, 3.63) is 25.6 Å². The molecule has 1 rings (SSSR count). The largest absolute Gasteiger partial charge is 0.313 e. The SMILES string of the molecule is CC(C)NCC(C)S(=O)(=O)Nc1c(Br)cc(Br)cc1Br. The van der Waals surface area contributed by atoms with Gasteiger partial charge in [-0.05, 0) is 50.9 Å². The van der Waals surface area contributed by atoms with E-state index in [1.54, 1.807) is 19.1 Å².